The van der Waals surface area contributed by atoms with Crippen molar-refractivity contribution < 1.29 is 4.79 Å². The molecule has 0 aromatic carbocycles. The van der Waals surface area contributed by atoms with Crippen LogP contribution in [0, 0.1) is 10.7 Å². The molecule has 1 heterocycles. The van der Waals surface area contributed by atoms with Crippen molar-refractivity contribution in [3.8, 4) is 0 Å². The summed E-state index contributed by atoms with van der Waals surface area (Å²) in [4.78, 5) is 12.3. The molecule has 1 aliphatic carbocycles. The lowest BCUT2D eigenvalue weighted by molar-refractivity contribution is -0.125. The van der Waals surface area contributed by atoms with Crippen LogP contribution < -0.4 is 5.32 Å². The van der Waals surface area contributed by atoms with E-state index < -0.39 is 0 Å². The summed E-state index contributed by atoms with van der Waals surface area (Å²) in [6.07, 6.45) is 8.21. The fourth-order valence-electron chi connectivity index (χ4n) is 3.02. The second kappa shape index (κ2) is 7.73. The number of nitrogens with one attached hydrogen (secondary N) is 2. The van der Waals surface area contributed by atoms with Crippen molar-refractivity contribution in [3.05, 3.63) is 10.6 Å². The second-order valence-corrected chi connectivity index (χ2v) is 6.56. The molecule has 0 atom stereocenters. The summed E-state index contributed by atoms with van der Waals surface area (Å²) in [5, 5.41) is 10.1. The van der Waals surface area contributed by atoms with Gasteiger partial charge in [0.15, 0.2) is 10.6 Å². The maximum absolute atomic E-state index is 12.3. The number of H-pyrrole nitrogens is 1. The summed E-state index contributed by atoms with van der Waals surface area (Å²) >= 11 is 5.22. The molecule has 1 fully saturated rings. The zero-order chi connectivity index (χ0) is 15.2. The van der Waals surface area contributed by atoms with Gasteiger partial charge < -0.3 is 9.88 Å². The summed E-state index contributed by atoms with van der Waals surface area (Å²) in [7, 11) is 0. The highest BCUT2D eigenvalue weighted by Gasteiger charge is 2.20. The summed E-state index contributed by atoms with van der Waals surface area (Å²) in [6, 6.07) is 0.240. The van der Waals surface area contributed by atoms with Crippen LogP contribution in [0.15, 0.2) is 0 Å². The Bertz CT molecular complexity index is 512. The van der Waals surface area contributed by atoms with Crippen molar-refractivity contribution >= 4 is 18.1 Å². The molecule has 1 amide bonds. The van der Waals surface area contributed by atoms with Crippen LogP contribution in [0.2, 0.25) is 0 Å². The maximum Gasteiger partial charge on any atom is 0.223 e. The van der Waals surface area contributed by atoms with Crippen LogP contribution in [-0.2, 0) is 11.3 Å². The Balaban J connectivity index is 1.92. The van der Waals surface area contributed by atoms with Gasteiger partial charge in [-0.05, 0) is 38.9 Å². The van der Waals surface area contributed by atoms with Gasteiger partial charge in [-0.25, -0.2) is 0 Å². The third kappa shape index (κ3) is 4.40. The summed E-state index contributed by atoms with van der Waals surface area (Å²) in [5.41, 5.74) is 0. The van der Waals surface area contributed by atoms with E-state index in [1.54, 1.807) is 0 Å². The van der Waals surface area contributed by atoms with Gasteiger partial charge in [0, 0.05) is 12.0 Å². The fourth-order valence-corrected chi connectivity index (χ4v) is 3.39. The van der Waals surface area contributed by atoms with Crippen molar-refractivity contribution in [2.45, 2.75) is 71.4 Å². The van der Waals surface area contributed by atoms with Gasteiger partial charge in [-0.1, -0.05) is 32.1 Å². The topological polar surface area (TPSA) is 62.7 Å². The van der Waals surface area contributed by atoms with Crippen LogP contribution in [0.25, 0.3) is 0 Å². The average Bonchev–Trinajstić information content (AvgIpc) is 2.77. The van der Waals surface area contributed by atoms with Crippen molar-refractivity contribution in [2.75, 3.05) is 0 Å². The molecule has 1 saturated carbocycles. The normalized spacial score (nSPS) is 17.5. The number of rotatable bonds is 4. The fraction of sp³-hybridized carbons (Fsp3) is 0.800. The molecule has 118 valence electrons. The third-order valence-electron chi connectivity index (χ3n) is 4.19. The molecule has 0 saturated heterocycles. The van der Waals surface area contributed by atoms with E-state index in [1.807, 2.05) is 4.57 Å². The Morgan fingerprint density at radius 2 is 1.95 bits per heavy atom. The predicted octanol–water partition coefficient (Wildman–Crippen LogP) is 3.50. The van der Waals surface area contributed by atoms with Crippen LogP contribution in [-0.4, -0.2) is 20.7 Å². The molecule has 2 N–H and O–H groups in total. The molecule has 1 aromatic rings. The molecule has 5 nitrogen and oxygen atoms in total. The Labute approximate surface area is 131 Å². The lowest BCUT2D eigenvalue weighted by Crippen LogP contribution is -2.31. The van der Waals surface area contributed by atoms with Crippen molar-refractivity contribution in [2.24, 2.45) is 5.92 Å². The van der Waals surface area contributed by atoms with Crippen LogP contribution in [0.5, 0.6) is 0 Å². The zero-order valence-corrected chi connectivity index (χ0v) is 13.8. The maximum atomic E-state index is 12.3. The van der Waals surface area contributed by atoms with E-state index in [0.717, 1.165) is 18.7 Å². The summed E-state index contributed by atoms with van der Waals surface area (Å²) < 4.78 is 2.56. The highest BCUT2D eigenvalue weighted by Crippen LogP contribution is 2.22. The van der Waals surface area contributed by atoms with Gasteiger partial charge in [-0.2, -0.15) is 5.10 Å². The van der Waals surface area contributed by atoms with Crippen LogP contribution in [0.4, 0.5) is 0 Å². The van der Waals surface area contributed by atoms with Gasteiger partial charge in [-0.15, -0.1) is 0 Å². The first-order valence-electron chi connectivity index (χ1n) is 8.03. The van der Waals surface area contributed by atoms with Crippen molar-refractivity contribution in [3.63, 3.8) is 0 Å². The molecular weight excluding hydrogens is 284 g/mol. The molecule has 6 heteroatoms. The van der Waals surface area contributed by atoms with E-state index >= 15 is 0 Å². The van der Waals surface area contributed by atoms with Crippen molar-refractivity contribution in [1.82, 2.24) is 20.1 Å². The first-order chi connectivity index (χ1) is 10.1. The van der Waals surface area contributed by atoms with E-state index in [9.17, 15) is 4.79 Å². The first-order valence-corrected chi connectivity index (χ1v) is 8.44. The quantitative estimate of drug-likeness (QED) is 0.837. The summed E-state index contributed by atoms with van der Waals surface area (Å²) in [6.45, 7) is 4.57. The minimum Gasteiger partial charge on any atom is -0.349 e. The number of aromatic nitrogens is 3. The lowest BCUT2D eigenvalue weighted by atomic mass is 9.90. The van der Waals surface area contributed by atoms with Gasteiger partial charge in [-0.3, -0.25) is 9.89 Å². The number of aromatic amines is 1. The lowest BCUT2D eigenvalue weighted by Gasteiger charge is -2.19. The highest BCUT2D eigenvalue weighted by molar-refractivity contribution is 7.71. The molecule has 0 aliphatic heterocycles. The van der Waals surface area contributed by atoms with Crippen LogP contribution >= 0.6 is 12.2 Å². The van der Waals surface area contributed by atoms with E-state index in [2.05, 4.69) is 29.4 Å². The number of amides is 1. The number of hydrogen-bond acceptors (Lipinski definition) is 3. The van der Waals surface area contributed by atoms with Gasteiger partial charge in [0.2, 0.25) is 5.91 Å². The monoisotopic (exact) mass is 310 g/mol. The Morgan fingerprint density at radius 1 is 1.33 bits per heavy atom. The predicted molar refractivity (Wildman–Crippen MR) is 85.5 cm³/mol. The Hall–Kier alpha value is -1.17. The van der Waals surface area contributed by atoms with Gasteiger partial charge >= 0.3 is 0 Å². The molecule has 0 bridgehead atoms. The minimum absolute atomic E-state index is 0.166. The molecule has 21 heavy (non-hydrogen) atoms. The average molecular weight is 310 g/mol. The van der Waals surface area contributed by atoms with Crippen LogP contribution in [0.1, 0.15) is 70.7 Å². The number of nitrogens with zero attached hydrogens (tertiary/aromatic N) is 2. The first kappa shape index (κ1) is 16.2. The van der Waals surface area contributed by atoms with Crippen LogP contribution in [0.3, 0.4) is 0 Å². The van der Waals surface area contributed by atoms with Crippen molar-refractivity contribution in [1.29, 1.82) is 0 Å². The van der Waals surface area contributed by atoms with Gasteiger partial charge in [0.1, 0.15) is 0 Å². The minimum atomic E-state index is 0.166. The molecule has 1 aliphatic rings. The second-order valence-electron chi connectivity index (χ2n) is 6.17. The molecule has 0 unspecified atom stereocenters. The molecule has 0 spiro atoms. The molecule has 0 radical (unpaired) electrons. The molecule has 2 rings (SSSR count). The number of carbonyl (C=O) groups excluding carboxylic acids is 1. The molecule has 1 aromatic heterocycles. The number of hydrogen-bond donors (Lipinski definition) is 2. The highest BCUT2D eigenvalue weighted by atomic mass is 32.1. The smallest absolute Gasteiger partial charge is 0.223 e. The zero-order valence-electron chi connectivity index (χ0n) is 13.0. The summed E-state index contributed by atoms with van der Waals surface area (Å²) in [5.74, 6) is 1.13. The van der Waals surface area contributed by atoms with Gasteiger partial charge in [0.25, 0.3) is 0 Å². The van der Waals surface area contributed by atoms with E-state index in [-0.39, 0.29) is 17.9 Å². The third-order valence-corrected chi connectivity index (χ3v) is 4.48. The Kier molecular flexibility index (Phi) is 5.96. The van der Waals surface area contributed by atoms with Gasteiger partial charge in [0.05, 0.1) is 6.54 Å². The number of carbonyl (C=O) groups is 1. The van der Waals surface area contributed by atoms with E-state index in [0.29, 0.717) is 11.3 Å². The standard InChI is InChI=1S/C15H26N4OS/c1-11(2)19-13(17-18-15(19)21)10-16-14(20)12-8-6-4-3-5-7-9-12/h11-12H,3-10H2,1-2H3,(H,16,20)(H,18,21). The largest absolute Gasteiger partial charge is 0.349 e. The molecular formula is C15H26N4OS. The van der Waals surface area contributed by atoms with E-state index in [1.165, 1.54) is 32.1 Å². The Morgan fingerprint density at radius 3 is 2.57 bits per heavy atom. The van der Waals surface area contributed by atoms with E-state index in [4.69, 9.17) is 12.2 Å². The SMILES string of the molecule is CC(C)n1c(CNC(=O)C2CCCCCCC2)n[nH]c1=S.